The molecule has 0 aliphatic heterocycles. The van der Waals surface area contributed by atoms with Crippen LogP contribution in [-0.4, -0.2) is 32.9 Å². The SMILES string of the molecule is COc1cccc(/C=C/CN(C)OC)c1. The van der Waals surface area contributed by atoms with Gasteiger partial charge < -0.3 is 9.57 Å². The minimum absolute atomic E-state index is 0.758. The summed E-state index contributed by atoms with van der Waals surface area (Å²) in [7, 11) is 5.21. The molecule has 0 aromatic heterocycles. The van der Waals surface area contributed by atoms with Gasteiger partial charge in [-0.1, -0.05) is 24.3 Å². The molecule has 0 aliphatic rings. The van der Waals surface area contributed by atoms with Crippen LogP contribution in [0.2, 0.25) is 0 Å². The van der Waals surface area contributed by atoms with Crippen molar-refractivity contribution >= 4 is 6.08 Å². The minimum Gasteiger partial charge on any atom is -0.497 e. The van der Waals surface area contributed by atoms with Gasteiger partial charge in [-0.05, 0) is 17.7 Å². The standard InChI is InChI=1S/C12H17NO2/c1-13(15-3)9-5-7-11-6-4-8-12(10-11)14-2/h4-8,10H,9H2,1-3H3/b7-5+. The van der Waals surface area contributed by atoms with E-state index in [0.29, 0.717) is 0 Å². The summed E-state index contributed by atoms with van der Waals surface area (Å²) in [6, 6.07) is 7.92. The molecule has 0 radical (unpaired) electrons. The number of ether oxygens (including phenoxy) is 1. The van der Waals surface area contributed by atoms with E-state index in [9.17, 15) is 0 Å². The van der Waals surface area contributed by atoms with Crippen LogP contribution >= 0.6 is 0 Å². The summed E-state index contributed by atoms with van der Waals surface area (Å²) in [5.41, 5.74) is 1.12. The van der Waals surface area contributed by atoms with Crippen LogP contribution in [-0.2, 0) is 4.84 Å². The molecule has 0 fully saturated rings. The molecular formula is C12H17NO2. The van der Waals surface area contributed by atoms with Gasteiger partial charge in [-0.25, -0.2) is 0 Å². The quantitative estimate of drug-likeness (QED) is 0.691. The van der Waals surface area contributed by atoms with Crippen molar-refractivity contribution in [2.45, 2.75) is 0 Å². The minimum atomic E-state index is 0.758. The highest BCUT2D eigenvalue weighted by atomic mass is 16.7. The van der Waals surface area contributed by atoms with Crippen molar-refractivity contribution in [2.75, 3.05) is 27.8 Å². The number of rotatable bonds is 5. The molecule has 3 heteroatoms. The maximum atomic E-state index is 5.13. The molecule has 0 amide bonds. The van der Waals surface area contributed by atoms with E-state index in [2.05, 4.69) is 0 Å². The molecule has 3 nitrogen and oxygen atoms in total. The molecule has 0 atom stereocenters. The van der Waals surface area contributed by atoms with Gasteiger partial charge in [0.05, 0.1) is 14.2 Å². The van der Waals surface area contributed by atoms with Crippen molar-refractivity contribution in [1.29, 1.82) is 0 Å². The Morgan fingerprint density at radius 3 is 2.80 bits per heavy atom. The number of hydrogen-bond acceptors (Lipinski definition) is 3. The van der Waals surface area contributed by atoms with E-state index in [4.69, 9.17) is 9.57 Å². The maximum absolute atomic E-state index is 5.13. The number of methoxy groups -OCH3 is 1. The summed E-state index contributed by atoms with van der Waals surface area (Å²) in [6.07, 6.45) is 4.08. The third-order valence-electron chi connectivity index (χ3n) is 2.08. The molecule has 0 saturated carbocycles. The van der Waals surface area contributed by atoms with E-state index in [-0.39, 0.29) is 0 Å². The normalized spacial score (nSPS) is 11.2. The summed E-state index contributed by atoms with van der Waals surface area (Å²) in [5, 5.41) is 1.75. The molecule has 1 aromatic carbocycles. The van der Waals surface area contributed by atoms with E-state index in [1.54, 1.807) is 19.3 Å². The third-order valence-corrected chi connectivity index (χ3v) is 2.08. The Labute approximate surface area is 90.9 Å². The Morgan fingerprint density at radius 1 is 1.33 bits per heavy atom. The Balaban J connectivity index is 2.56. The highest BCUT2D eigenvalue weighted by Crippen LogP contribution is 2.13. The largest absolute Gasteiger partial charge is 0.497 e. The van der Waals surface area contributed by atoms with Crippen LogP contribution in [0, 0.1) is 0 Å². The molecular weight excluding hydrogens is 190 g/mol. The lowest BCUT2D eigenvalue weighted by atomic mass is 10.2. The molecule has 15 heavy (non-hydrogen) atoms. The third kappa shape index (κ3) is 4.14. The lowest BCUT2D eigenvalue weighted by Gasteiger charge is -2.09. The fourth-order valence-corrected chi connectivity index (χ4v) is 1.16. The first-order valence-electron chi connectivity index (χ1n) is 4.82. The first-order valence-corrected chi connectivity index (χ1v) is 4.82. The number of nitrogens with zero attached hydrogens (tertiary/aromatic N) is 1. The highest BCUT2D eigenvalue weighted by molar-refractivity contribution is 5.51. The van der Waals surface area contributed by atoms with Gasteiger partial charge in [0.2, 0.25) is 0 Å². The molecule has 0 N–H and O–H groups in total. The van der Waals surface area contributed by atoms with Gasteiger partial charge in [-0.2, -0.15) is 5.06 Å². The molecule has 0 bridgehead atoms. The van der Waals surface area contributed by atoms with Gasteiger partial charge in [-0.15, -0.1) is 0 Å². The summed E-state index contributed by atoms with van der Waals surface area (Å²) in [4.78, 5) is 4.99. The van der Waals surface area contributed by atoms with Crippen molar-refractivity contribution < 1.29 is 9.57 Å². The average molecular weight is 207 g/mol. The van der Waals surface area contributed by atoms with Gasteiger partial charge in [0, 0.05) is 13.6 Å². The van der Waals surface area contributed by atoms with Crippen molar-refractivity contribution in [3.05, 3.63) is 35.9 Å². The summed E-state index contributed by atoms with van der Waals surface area (Å²) in [5.74, 6) is 0.872. The monoisotopic (exact) mass is 207 g/mol. The predicted molar refractivity (Wildman–Crippen MR) is 61.7 cm³/mol. The van der Waals surface area contributed by atoms with Crippen molar-refractivity contribution in [2.24, 2.45) is 0 Å². The molecule has 0 aliphatic carbocycles. The zero-order valence-electron chi connectivity index (χ0n) is 9.43. The lowest BCUT2D eigenvalue weighted by molar-refractivity contribution is -0.0990. The summed E-state index contributed by atoms with van der Waals surface area (Å²) in [6.45, 7) is 0.758. The lowest BCUT2D eigenvalue weighted by Crippen LogP contribution is -2.15. The number of hydroxylamine groups is 2. The number of hydrogen-bond donors (Lipinski definition) is 0. The van der Waals surface area contributed by atoms with Crippen LogP contribution in [0.15, 0.2) is 30.3 Å². The zero-order chi connectivity index (χ0) is 11.1. The first kappa shape index (κ1) is 11.8. The van der Waals surface area contributed by atoms with E-state index < -0.39 is 0 Å². The summed E-state index contributed by atoms with van der Waals surface area (Å²) < 4.78 is 5.13. The van der Waals surface area contributed by atoms with Crippen LogP contribution in [0.4, 0.5) is 0 Å². The predicted octanol–water partition coefficient (Wildman–Crippen LogP) is 2.20. The first-order chi connectivity index (χ1) is 7.26. The van der Waals surface area contributed by atoms with Crippen LogP contribution in [0.3, 0.4) is 0 Å². The molecule has 0 saturated heterocycles. The van der Waals surface area contributed by atoms with Gasteiger partial charge in [-0.3, -0.25) is 0 Å². The Hall–Kier alpha value is -1.32. The molecule has 1 aromatic rings. The smallest absolute Gasteiger partial charge is 0.119 e. The van der Waals surface area contributed by atoms with Crippen molar-refractivity contribution in [1.82, 2.24) is 5.06 Å². The molecule has 1 rings (SSSR count). The van der Waals surface area contributed by atoms with Gasteiger partial charge in [0.15, 0.2) is 0 Å². The van der Waals surface area contributed by atoms with Crippen LogP contribution in [0.1, 0.15) is 5.56 Å². The fourth-order valence-electron chi connectivity index (χ4n) is 1.16. The molecule has 0 spiro atoms. The highest BCUT2D eigenvalue weighted by Gasteiger charge is 1.92. The second-order valence-electron chi connectivity index (χ2n) is 3.17. The topological polar surface area (TPSA) is 21.7 Å². The Kier molecular flexibility index (Phi) is 4.87. The van der Waals surface area contributed by atoms with Crippen LogP contribution in [0.5, 0.6) is 5.75 Å². The van der Waals surface area contributed by atoms with Gasteiger partial charge in [0.25, 0.3) is 0 Å². The zero-order valence-corrected chi connectivity index (χ0v) is 9.43. The van der Waals surface area contributed by atoms with Gasteiger partial charge in [0.1, 0.15) is 5.75 Å². The van der Waals surface area contributed by atoms with E-state index >= 15 is 0 Å². The van der Waals surface area contributed by atoms with Gasteiger partial charge >= 0.3 is 0 Å². The number of likely N-dealkylation sites (N-methyl/N-ethyl adjacent to an activating group) is 1. The van der Waals surface area contributed by atoms with Crippen molar-refractivity contribution in [3.8, 4) is 5.75 Å². The van der Waals surface area contributed by atoms with E-state index in [1.165, 1.54) is 0 Å². The van der Waals surface area contributed by atoms with Crippen molar-refractivity contribution in [3.63, 3.8) is 0 Å². The molecule has 82 valence electrons. The van der Waals surface area contributed by atoms with Crippen LogP contribution < -0.4 is 4.74 Å². The number of benzene rings is 1. The van der Waals surface area contributed by atoms with E-state index in [1.807, 2.05) is 43.5 Å². The van der Waals surface area contributed by atoms with E-state index in [0.717, 1.165) is 17.9 Å². The Morgan fingerprint density at radius 2 is 2.13 bits per heavy atom. The average Bonchev–Trinajstić information content (AvgIpc) is 2.29. The van der Waals surface area contributed by atoms with Crippen LogP contribution in [0.25, 0.3) is 6.08 Å². The second-order valence-corrected chi connectivity index (χ2v) is 3.17. The maximum Gasteiger partial charge on any atom is 0.119 e. The summed E-state index contributed by atoms with van der Waals surface area (Å²) >= 11 is 0. The fraction of sp³-hybridized carbons (Fsp3) is 0.333. The Bertz CT molecular complexity index is 323. The molecule has 0 unspecified atom stereocenters. The molecule has 0 heterocycles. The second kappa shape index (κ2) is 6.22.